The summed E-state index contributed by atoms with van der Waals surface area (Å²) in [6.07, 6.45) is 4.72. The quantitative estimate of drug-likeness (QED) is 0.799. The number of nitrogens with one attached hydrogen (secondary N) is 2. The Morgan fingerprint density at radius 1 is 1.40 bits per heavy atom. The zero-order chi connectivity index (χ0) is 10.5. The van der Waals surface area contributed by atoms with Gasteiger partial charge in [0.15, 0.2) is 0 Å². The van der Waals surface area contributed by atoms with Crippen LogP contribution in [-0.2, 0) is 0 Å². The lowest BCUT2D eigenvalue weighted by Crippen LogP contribution is -2.04. The Labute approximate surface area is 88.8 Å². The fourth-order valence-corrected chi connectivity index (χ4v) is 1.32. The predicted octanol–water partition coefficient (Wildman–Crippen LogP) is 2.29. The Hall–Kier alpha value is -1.84. The molecule has 0 bridgehead atoms. The van der Waals surface area contributed by atoms with E-state index in [4.69, 9.17) is 0 Å². The highest BCUT2D eigenvalue weighted by Crippen LogP contribution is 2.14. The summed E-state index contributed by atoms with van der Waals surface area (Å²) >= 11 is 0. The summed E-state index contributed by atoms with van der Waals surface area (Å²) in [7, 11) is 0. The van der Waals surface area contributed by atoms with Gasteiger partial charge in [-0.15, -0.1) is 0 Å². The third kappa shape index (κ3) is 2.34. The molecule has 0 saturated heterocycles. The standard InChI is InChI=1S/C11H14N4/c1-2-6-13-11-14-8-5-10(15-11)9-4-3-7-12-9/h3-5,7-8,12H,2,6H2,1H3,(H,13,14,15). The molecule has 4 heteroatoms. The minimum absolute atomic E-state index is 0.684. The Bertz CT molecular complexity index is 408. The molecule has 0 unspecified atom stereocenters. The molecule has 2 aromatic rings. The first-order valence-corrected chi connectivity index (χ1v) is 5.11. The molecule has 0 radical (unpaired) electrons. The van der Waals surface area contributed by atoms with Gasteiger partial charge in [0.2, 0.25) is 5.95 Å². The normalized spacial score (nSPS) is 10.2. The Balaban J connectivity index is 2.19. The zero-order valence-electron chi connectivity index (χ0n) is 8.70. The molecule has 0 fully saturated rings. The van der Waals surface area contributed by atoms with Crippen molar-refractivity contribution < 1.29 is 0 Å². The fourth-order valence-electron chi connectivity index (χ4n) is 1.32. The van der Waals surface area contributed by atoms with Gasteiger partial charge in [0.1, 0.15) is 0 Å². The van der Waals surface area contributed by atoms with Crippen molar-refractivity contribution in [3.63, 3.8) is 0 Å². The third-order valence-electron chi connectivity index (χ3n) is 2.06. The van der Waals surface area contributed by atoms with E-state index in [2.05, 4.69) is 27.2 Å². The highest BCUT2D eigenvalue weighted by Gasteiger charge is 2.01. The van der Waals surface area contributed by atoms with Gasteiger partial charge in [-0.1, -0.05) is 6.92 Å². The lowest BCUT2D eigenvalue weighted by Gasteiger charge is -2.03. The number of hydrogen-bond donors (Lipinski definition) is 2. The second-order valence-electron chi connectivity index (χ2n) is 3.28. The number of nitrogens with zero attached hydrogens (tertiary/aromatic N) is 2. The van der Waals surface area contributed by atoms with Crippen molar-refractivity contribution in [2.45, 2.75) is 13.3 Å². The number of H-pyrrole nitrogens is 1. The van der Waals surface area contributed by atoms with Crippen LogP contribution >= 0.6 is 0 Å². The molecule has 4 nitrogen and oxygen atoms in total. The van der Waals surface area contributed by atoms with Crippen LogP contribution in [0.3, 0.4) is 0 Å². The Kier molecular flexibility index (Phi) is 2.97. The molecule has 0 aromatic carbocycles. The van der Waals surface area contributed by atoms with Crippen molar-refractivity contribution in [2.24, 2.45) is 0 Å². The molecule has 78 valence electrons. The molecular formula is C11H14N4. The highest BCUT2D eigenvalue weighted by atomic mass is 15.1. The van der Waals surface area contributed by atoms with Gasteiger partial charge in [0, 0.05) is 18.9 Å². The molecule has 2 aromatic heterocycles. The molecule has 2 heterocycles. The number of hydrogen-bond acceptors (Lipinski definition) is 3. The molecule has 0 aliphatic rings. The van der Waals surface area contributed by atoms with Gasteiger partial charge < -0.3 is 10.3 Å². The van der Waals surface area contributed by atoms with Gasteiger partial charge >= 0.3 is 0 Å². The van der Waals surface area contributed by atoms with E-state index in [0.717, 1.165) is 24.4 Å². The number of aromatic amines is 1. The number of rotatable bonds is 4. The maximum absolute atomic E-state index is 4.40. The van der Waals surface area contributed by atoms with Gasteiger partial charge in [-0.2, -0.15) is 0 Å². The molecule has 0 spiro atoms. The first-order chi connectivity index (χ1) is 7.40. The zero-order valence-corrected chi connectivity index (χ0v) is 8.70. The summed E-state index contributed by atoms with van der Waals surface area (Å²) in [5.41, 5.74) is 1.92. The van der Waals surface area contributed by atoms with Crippen LogP contribution in [-0.4, -0.2) is 21.5 Å². The lowest BCUT2D eigenvalue weighted by molar-refractivity contribution is 0.953. The van der Waals surface area contributed by atoms with Crippen molar-refractivity contribution in [3.8, 4) is 11.4 Å². The van der Waals surface area contributed by atoms with E-state index in [0.29, 0.717) is 5.95 Å². The largest absolute Gasteiger partial charge is 0.360 e. The second kappa shape index (κ2) is 4.59. The molecule has 0 atom stereocenters. The first-order valence-electron chi connectivity index (χ1n) is 5.11. The molecule has 15 heavy (non-hydrogen) atoms. The van der Waals surface area contributed by atoms with Crippen LogP contribution in [0.4, 0.5) is 5.95 Å². The van der Waals surface area contributed by atoms with Gasteiger partial charge in [0.25, 0.3) is 0 Å². The second-order valence-corrected chi connectivity index (χ2v) is 3.28. The summed E-state index contributed by atoms with van der Waals surface area (Å²) in [4.78, 5) is 11.7. The van der Waals surface area contributed by atoms with Gasteiger partial charge in [-0.05, 0) is 24.6 Å². The third-order valence-corrected chi connectivity index (χ3v) is 2.06. The maximum Gasteiger partial charge on any atom is 0.223 e. The summed E-state index contributed by atoms with van der Waals surface area (Å²) in [5.74, 6) is 0.684. The molecule has 2 rings (SSSR count). The van der Waals surface area contributed by atoms with Crippen molar-refractivity contribution in [1.29, 1.82) is 0 Å². The monoisotopic (exact) mass is 202 g/mol. The lowest BCUT2D eigenvalue weighted by atomic mass is 10.3. The highest BCUT2D eigenvalue weighted by molar-refractivity contribution is 5.55. The summed E-state index contributed by atoms with van der Waals surface area (Å²) in [6, 6.07) is 5.84. The van der Waals surface area contributed by atoms with Gasteiger partial charge in [0.05, 0.1) is 11.4 Å². The molecule has 0 aliphatic heterocycles. The van der Waals surface area contributed by atoms with E-state index in [1.807, 2.05) is 24.4 Å². The molecule has 0 aliphatic carbocycles. The SMILES string of the molecule is CCCNc1nccc(-c2ccc[nH]2)n1. The van der Waals surface area contributed by atoms with Gasteiger partial charge in [-0.25, -0.2) is 9.97 Å². The van der Waals surface area contributed by atoms with E-state index in [9.17, 15) is 0 Å². The van der Waals surface area contributed by atoms with E-state index < -0.39 is 0 Å². The minimum Gasteiger partial charge on any atom is -0.360 e. The minimum atomic E-state index is 0.684. The predicted molar refractivity (Wildman–Crippen MR) is 60.6 cm³/mol. The van der Waals surface area contributed by atoms with Crippen LogP contribution in [0.1, 0.15) is 13.3 Å². The molecule has 0 amide bonds. The van der Waals surface area contributed by atoms with Crippen LogP contribution in [0.5, 0.6) is 0 Å². The molecule has 2 N–H and O–H groups in total. The van der Waals surface area contributed by atoms with Crippen molar-refractivity contribution >= 4 is 5.95 Å². The van der Waals surface area contributed by atoms with E-state index in [1.54, 1.807) is 6.20 Å². The molecular weight excluding hydrogens is 188 g/mol. The van der Waals surface area contributed by atoms with Crippen molar-refractivity contribution in [2.75, 3.05) is 11.9 Å². The Morgan fingerprint density at radius 3 is 3.07 bits per heavy atom. The van der Waals surface area contributed by atoms with Gasteiger partial charge in [-0.3, -0.25) is 0 Å². The van der Waals surface area contributed by atoms with E-state index >= 15 is 0 Å². The summed E-state index contributed by atoms with van der Waals surface area (Å²) in [6.45, 7) is 3.01. The summed E-state index contributed by atoms with van der Waals surface area (Å²) in [5, 5.41) is 3.16. The van der Waals surface area contributed by atoms with E-state index in [1.165, 1.54) is 0 Å². The average molecular weight is 202 g/mol. The summed E-state index contributed by atoms with van der Waals surface area (Å²) < 4.78 is 0. The smallest absolute Gasteiger partial charge is 0.223 e. The number of anilines is 1. The number of aromatic nitrogens is 3. The van der Waals surface area contributed by atoms with Crippen LogP contribution in [0, 0.1) is 0 Å². The van der Waals surface area contributed by atoms with Crippen molar-refractivity contribution in [3.05, 3.63) is 30.6 Å². The Morgan fingerprint density at radius 2 is 2.33 bits per heavy atom. The van der Waals surface area contributed by atoms with Crippen LogP contribution < -0.4 is 5.32 Å². The van der Waals surface area contributed by atoms with Crippen LogP contribution in [0.15, 0.2) is 30.6 Å². The van der Waals surface area contributed by atoms with Crippen LogP contribution in [0.2, 0.25) is 0 Å². The van der Waals surface area contributed by atoms with E-state index in [-0.39, 0.29) is 0 Å². The fraction of sp³-hybridized carbons (Fsp3) is 0.273. The molecule has 0 saturated carbocycles. The van der Waals surface area contributed by atoms with Crippen LogP contribution in [0.25, 0.3) is 11.4 Å². The first kappa shape index (κ1) is 9.71. The van der Waals surface area contributed by atoms with Crippen molar-refractivity contribution in [1.82, 2.24) is 15.0 Å². The average Bonchev–Trinajstić information content (AvgIpc) is 2.80. The topological polar surface area (TPSA) is 53.6 Å². The maximum atomic E-state index is 4.40.